The maximum absolute atomic E-state index is 12.6. The van der Waals surface area contributed by atoms with E-state index < -0.39 is 24.0 Å². The van der Waals surface area contributed by atoms with Crippen molar-refractivity contribution in [2.75, 3.05) is 13.2 Å². The molecule has 2 atom stereocenters. The fourth-order valence-corrected chi connectivity index (χ4v) is 3.07. The van der Waals surface area contributed by atoms with Gasteiger partial charge in [0.1, 0.15) is 17.9 Å². The molecular weight excluding hydrogens is 366 g/mol. The summed E-state index contributed by atoms with van der Waals surface area (Å²) >= 11 is 0. The number of hydrogen-bond acceptors (Lipinski definition) is 4. The summed E-state index contributed by atoms with van der Waals surface area (Å²) in [5.74, 6) is 0.0993. The van der Waals surface area contributed by atoms with E-state index in [1.807, 2.05) is 20.8 Å². The molecule has 1 fully saturated rings. The Kier molecular flexibility index (Phi) is 7.80. The molecular formula is C18H27ClF2N2O3. The van der Waals surface area contributed by atoms with Crippen molar-refractivity contribution >= 4 is 18.3 Å². The summed E-state index contributed by atoms with van der Waals surface area (Å²) in [6, 6.07) is 6.70. The number of nitrogens with two attached hydrogens (primary N) is 1. The van der Waals surface area contributed by atoms with Gasteiger partial charge in [-0.25, -0.2) is 8.78 Å². The minimum atomic E-state index is -2.53. The van der Waals surface area contributed by atoms with E-state index in [0.717, 1.165) is 5.56 Å². The van der Waals surface area contributed by atoms with Gasteiger partial charge in [-0.15, -0.1) is 12.4 Å². The molecule has 0 heterocycles. The Labute approximate surface area is 159 Å². The first-order valence-electron chi connectivity index (χ1n) is 8.39. The minimum Gasteiger partial charge on any atom is -0.488 e. The van der Waals surface area contributed by atoms with E-state index in [0.29, 0.717) is 18.8 Å². The lowest BCUT2D eigenvalue weighted by Gasteiger charge is -2.57. The molecule has 0 aromatic heterocycles. The Morgan fingerprint density at radius 2 is 2.12 bits per heavy atom. The molecule has 0 aliphatic heterocycles. The molecule has 26 heavy (non-hydrogen) atoms. The second kappa shape index (κ2) is 8.97. The van der Waals surface area contributed by atoms with Crippen LogP contribution < -0.4 is 15.8 Å². The molecule has 0 spiro atoms. The van der Waals surface area contributed by atoms with Crippen LogP contribution in [0.15, 0.2) is 24.3 Å². The molecule has 1 aromatic rings. The quantitative estimate of drug-likeness (QED) is 0.713. The highest BCUT2D eigenvalue weighted by molar-refractivity contribution is 5.88. The Morgan fingerprint density at radius 3 is 2.69 bits per heavy atom. The third-order valence-corrected chi connectivity index (χ3v) is 4.96. The normalized spacial score (nSPS) is 23.7. The van der Waals surface area contributed by atoms with Crippen molar-refractivity contribution in [2.24, 2.45) is 11.1 Å². The summed E-state index contributed by atoms with van der Waals surface area (Å²) in [5.41, 5.74) is 5.62. The first kappa shape index (κ1) is 22.6. The number of hydrogen-bond donors (Lipinski definition) is 2. The molecule has 1 saturated carbocycles. The maximum Gasteiger partial charge on any atom is 0.272 e. The molecule has 1 aliphatic rings. The van der Waals surface area contributed by atoms with Crippen LogP contribution in [0.4, 0.5) is 8.78 Å². The van der Waals surface area contributed by atoms with Crippen LogP contribution in [0.1, 0.15) is 32.8 Å². The number of ether oxygens (including phenoxy) is 2. The predicted molar refractivity (Wildman–Crippen MR) is 97.8 cm³/mol. The SMILES string of the molecule is CCOC1CC(N)(C(=O)NCc2cccc(OCC(F)F)c2)C1(C)C.Cl. The maximum atomic E-state index is 12.6. The lowest BCUT2D eigenvalue weighted by atomic mass is 9.54. The van der Waals surface area contributed by atoms with Crippen molar-refractivity contribution in [3.63, 3.8) is 0 Å². The Hall–Kier alpha value is -1.44. The fraction of sp³-hybridized carbons (Fsp3) is 0.611. The standard InChI is InChI=1S/C18H26F2N2O3.ClH/c1-4-24-14-9-18(21,17(14,2)3)16(23)22-10-12-6-5-7-13(8-12)25-11-15(19)20;/h5-8,14-15H,4,9-11,21H2,1-3H3,(H,22,23);1H. The van der Waals surface area contributed by atoms with Gasteiger partial charge in [-0.2, -0.15) is 0 Å². The van der Waals surface area contributed by atoms with Gasteiger partial charge >= 0.3 is 0 Å². The second-order valence-corrected chi connectivity index (χ2v) is 6.87. The van der Waals surface area contributed by atoms with Crippen LogP contribution in [0, 0.1) is 5.41 Å². The number of carbonyl (C=O) groups is 1. The number of rotatable bonds is 8. The summed E-state index contributed by atoms with van der Waals surface area (Å²) in [5, 5.41) is 2.83. The summed E-state index contributed by atoms with van der Waals surface area (Å²) in [4.78, 5) is 12.6. The molecule has 5 nitrogen and oxygen atoms in total. The summed E-state index contributed by atoms with van der Waals surface area (Å²) in [6.07, 6.45) is -2.10. The van der Waals surface area contributed by atoms with Crippen molar-refractivity contribution in [1.29, 1.82) is 0 Å². The molecule has 2 unspecified atom stereocenters. The Morgan fingerprint density at radius 1 is 1.42 bits per heavy atom. The lowest BCUT2D eigenvalue weighted by Crippen LogP contribution is -2.75. The van der Waals surface area contributed by atoms with Crippen LogP contribution in [0.5, 0.6) is 5.75 Å². The van der Waals surface area contributed by atoms with Gasteiger partial charge in [0.05, 0.1) is 6.10 Å². The second-order valence-electron chi connectivity index (χ2n) is 6.87. The molecule has 8 heteroatoms. The van der Waals surface area contributed by atoms with Crippen LogP contribution in [0.2, 0.25) is 0 Å². The molecule has 2 rings (SSSR count). The van der Waals surface area contributed by atoms with Gasteiger partial charge in [0.15, 0.2) is 0 Å². The summed E-state index contributed by atoms with van der Waals surface area (Å²) in [7, 11) is 0. The van der Waals surface area contributed by atoms with Gasteiger partial charge in [-0.3, -0.25) is 4.79 Å². The van der Waals surface area contributed by atoms with Crippen LogP contribution in [-0.2, 0) is 16.1 Å². The average Bonchev–Trinajstić information content (AvgIpc) is 2.57. The predicted octanol–water partition coefficient (Wildman–Crippen LogP) is 2.90. The number of halogens is 3. The zero-order chi connectivity index (χ0) is 18.7. The number of amides is 1. The number of carbonyl (C=O) groups excluding carboxylic acids is 1. The van der Waals surface area contributed by atoms with E-state index >= 15 is 0 Å². The monoisotopic (exact) mass is 392 g/mol. The van der Waals surface area contributed by atoms with E-state index in [-0.39, 0.29) is 31.0 Å². The van der Waals surface area contributed by atoms with E-state index in [1.165, 1.54) is 0 Å². The first-order chi connectivity index (χ1) is 11.7. The first-order valence-corrected chi connectivity index (χ1v) is 8.39. The van der Waals surface area contributed by atoms with Crippen molar-refractivity contribution in [2.45, 2.75) is 51.8 Å². The molecule has 1 aromatic carbocycles. The topological polar surface area (TPSA) is 73.6 Å². The van der Waals surface area contributed by atoms with E-state index in [2.05, 4.69) is 5.32 Å². The highest BCUT2D eigenvalue weighted by atomic mass is 35.5. The third-order valence-electron chi connectivity index (χ3n) is 4.96. The summed E-state index contributed by atoms with van der Waals surface area (Å²) < 4.78 is 35.0. The zero-order valence-electron chi connectivity index (χ0n) is 15.3. The van der Waals surface area contributed by atoms with Crippen molar-refractivity contribution in [3.05, 3.63) is 29.8 Å². The molecule has 148 valence electrons. The van der Waals surface area contributed by atoms with Crippen molar-refractivity contribution in [1.82, 2.24) is 5.32 Å². The van der Waals surface area contributed by atoms with Gasteiger partial charge in [0, 0.05) is 25.0 Å². The van der Waals surface area contributed by atoms with E-state index in [1.54, 1.807) is 24.3 Å². The van der Waals surface area contributed by atoms with Crippen LogP contribution in [0.25, 0.3) is 0 Å². The van der Waals surface area contributed by atoms with Crippen LogP contribution >= 0.6 is 12.4 Å². The van der Waals surface area contributed by atoms with Crippen LogP contribution in [-0.4, -0.2) is 37.2 Å². The molecule has 3 N–H and O–H groups in total. The largest absolute Gasteiger partial charge is 0.488 e. The molecule has 0 saturated heterocycles. The van der Waals surface area contributed by atoms with Crippen molar-refractivity contribution in [3.8, 4) is 5.75 Å². The fourth-order valence-electron chi connectivity index (χ4n) is 3.07. The van der Waals surface area contributed by atoms with E-state index in [4.69, 9.17) is 15.2 Å². The molecule has 1 amide bonds. The number of benzene rings is 1. The summed E-state index contributed by atoms with van der Waals surface area (Å²) in [6.45, 7) is 5.94. The zero-order valence-corrected chi connectivity index (χ0v) is 16.1. The molecule has 0 radical (unpaired) electrons. The number of alkyl halides is 2. The molecule has 0 bridgehead atoms. The smallest absolute Gasteiger partial charge is 0.272 e. The highest BCUT2D eigenvalue weighted by Crippen LogP contribution is 2.49. The van der Waals surface area contributed by atoms with Gasteiger partial charge < -0.3 is 20.5 Å². The third kappa shape index (κ3) is 4.64. The highest BCUT2D eigenvalue weighted by Gasteiger charge is 2.62. The van der Waals surface area contributed by atoms with Gasteiger partial charge in [-0.1, -0.05) is 26.0 Å². The Bertz CT molecular complexity index is 616. The lowest BCUT2D eigenvalue weighted by molar-refractivity contribution is -0.170. The van der Waals surface area contributed by atoms with Gasteiger partial charge in [-0.05, 0) is 24.6 Å². The number of nitrogens with one attached hydrogen (secondary N) is 1. The minimum absolute atomic E-state index is 0. The van der Waals surface area contributed by atoms with Crippen molar-refractivity contribution < 1.29 is 23.0 Å². The van der Waals surface area contributed by atoms with Crippen LogP contribution in [0.3, 0.4) is 0 Å². The molecule has 1 aliphatic carbocycles. The van der Waals surface area contributed by atoms with Gasteiger partial charge in [0.2, 0.25) is 5.91 Å². The average molecular weight is 393 g/mol. The Balaban J connectivity index is 0.00000338. The van der Waals surface area contributed by atoms with E-state index in [9.17, 15) is 13.6 Å². The van der Waals surface area contributed by atoms with Gasteiger partial charge in [0.25, 0.3) is 6.43 Å².